The molecule has 0 bridgehead atoms. The number of hydrogen-bond donors (Lipinski definition) is 2. The average Bonchev–Trinajstić information content (AvgIpc) is 2.01. The topological polar surface area (TPSA) is 41.1 Å². The maximum Gasteiger partial charge on any atom is 0.221 e. The minimum atomic E-state index is 0.143. The molecule has 0 saturated carbocycles. The zero-order valence-electron chi connectivity index (χ0n) is 6.82. The fourth-order valence-corrected chi connectivity index (χ4v) is 1.00. The van der Waals surface area contributed by atoms with Crippen molar-refractivity contribution in [3.63, 3.8) is 0 Å². The fraction of sp³-hybridized carbons (Fsp3) is 0.857. The number of amides is 1. The quantitative estimate of drug-likeness (QED) is 0.420. The van der Waals surface area contributed by atoms with Gasteiger partial charge in [-0.1, -0.05) is 22.6 Å². The van der Waals surface area contributed by atoms with Crippen LogP contribution < -0.4 is 10.6 Å². The van der Waals surface area contributed by atoms with E-state index in [-0.39, 0.29) is 5.91 Å². The van der Waals surface area contributed by atoms with Crippen molar-refractivity contribution in [1.82, 2.24) is 10.6 Å². The Morgan fingerprint density at radius 3 is 2.73 bits per heavy atom. The molecule has 0 aliphatic rings. The third kappa shape index (κ3) is 8.06. The Hall–Kier alpha value is 0.160. The summed E-state index contributed by atoms with van der Waals surface area (Å²) in [6, 6.07) is 0. The molecule has 0 aliphatic carbocycles. The molecule has 2 N–H and O–H groups in total. The van der Waals surface area contributed by atoms with Crippen molar-refractivity contribution >= 4 is 28.5 Å². The third-order valence-electron chi connectivity index (χ3n) is 1.23. The van der Waals surface area contributed by atoms with E-state index in [0.717, 1.165) is 23.9 Å². The normalized spacial score (nSPS) is 9.64. The van der Waals surface area contributed by atoms with Crippen LogP contribution in [0.2, 0.25) is 0 Å². The van der Waals surface area contributed by atoms with Crippen LogP contribution in [0.25, 0.3) is 0 Å². The Labute approximate surface area is 81.5 Å². The van der Waals surface area contributed by atoms with Gasteiger partial charge >= 0.3 is 0 Å². The molecule has 0 aromatic heterocycles. The van der Waals surface area contributed by atoms with Crippen LogP contribution in [0.1, 0.15) is 12.8 Å². The van der Waals surface area contributed by atoms with Crippen LogP contribution in [0.4, 0.5) is 0 Å². The largest absolute Gasteiger partial charge is 0.356 e. The summed E-state index contributed by atoms with van der Waals surface area (Å²) in [5, 5.41) is 5.76. The predicted octanol–water partition coefficient (Wildman–Crippen LogP) is 0.537. The van der Waals surface area contributed by atoms with E-state index >= 15 is 0 Å². The third-order valence-corrected chi connectivity index (χ3v) is 2.00. The number of alkyl halides is 1. The summed E-state index contributed by atoms with van der Waals surface area (Å²) in [5.74, 6) is 0.143. The molecule has 0 spiro atoms. The lowest BCUT2D eigenvalue weighted by Gasteiger charge is -2.02. The van der Waals surface area contributed by atoms with Crippen LogP contribution in [-0.2, 0) is 4.79 Å². The standard InChI is InChI=1S/C7H15IN2O/c1-9-6-3-7(11)10-5-2-4-8/h9H,2-6H2,1H3,(H,10,11). The van der Waals surface area contributed by atoms with Crippen molar-refractivity contribution in [3.8, 4) is 0 Å². The Kier molecular flexibility index (Phi) is 8.38. The Bertz CT molecular complexity index is 109. The molecule has 0 aromatic rings. The second kappa shape index (κ2) is 8.26. The first-order valence-electron chi connectivity index (χ1n) is 3.78. The van der Waals surface area contributed by atoms with E-state index in [1.165, 1.54) is 0 Å². The zero-order chi connectivity index (χ0) is 8.53. The molecule has 0 saturated heterocycles. The second-order valence-electron chi connectivity index (χ2n) is 2.25. The number of carbonyl (C=O) groups excluding carboxylic acids is 1. The van der Waals surface area contributed by atoms with Gasteiger partial charge in [0.25, 0.3) is 0 Å². The van der Waals surface area contributed by atoms with Crippen LogP contribution >= 0.6 is 22.6 Å². The van der Waals surface area contributed by atoms with Gasteiger partial charge in [-0.3, -0.25) is 4.79 Å². The molecule has 0 atom stereocenters. The van der Waals surface area contributed by atoms with Crippen molar-refractivity contribution in [3.05, 3.63) is 0 Å². The van der Waals surface area contributed by atoms with Gasteiger partial charge in [0.1, 0.15) is 0 Å². The Balaban J connectivity index is 3.09. The molecule has 0 fully saturated rings. The lowest BCUT2D eigenvalue weighted by Crippen LogP contribution is -2.27. The highest BCUT2D eigenvalue weighted by molar-refractivity contribution is 14.1. The van der Waals surface area contributed by atoms with Crippen LogP contribution in [-0.4, -0.2) is 30.5 Å². The highest BCUT2D eigenvalue weighted by Gasteiger charge is 1.97. The maximum atomic E-state index is 10.9. The first-order chi connectivity index (χ1) is 5.31. The van der Waals surface area contributed by atoms with Crippen LogP contribution in [0.5, 0.6) is 0 Å². The predicted molar refractivity (Wildman–Crippen MR) is 55.1 cm³/mol. The van der Waals surface area contributed by atoms with E-state index in [1.54, 1.807) is 0 Å². The Morgan fingerprint density at radius 1 is 1.45 bits per heavy atom. The van der Waals surface area contributed by atoms with Gasteiger partial charge in [0, 0.05) is 23.9 Å². The van der Waals surface area contributed by atoms with Crippen LogP contribution in [0.15, 0.2) is 0 Å². The van der Waals surface area contributed by atoms with Gasteiger partial charge in [-0.25, -0.2) is 0 Å². The minimum Gasteiger partial charge on any atom is -0.356 e. The smallest absolute Gasteiger partial charge is 0.221 e. The summed E-state index contributed by atoms with van der Waals surface area (Å²) < 4.78 is 1.10. The molecule has 0 radical (unpaired) electrons. The van der Waals surface area contributed by atoms with Gasteiger partial charge in [0.2, 0.25) is 5.91 Å². The van der Waals surface area contributed by atoms with Gasteiger partial charge in [-0.15, -0.1) is 0 Å². The number of carbonyl (C=O) groups is 1. The van der Waals surface area contributed by atoms with E-state index < -0.39 is 0 Å². The molecule has 11 heavy (non-hydrogen) atoms. The van der Waals surface area contributed by atoms with Crippen molar-refractivity contribution in [1.29, 1.82) is 0 Å². The lowest BCUT2D eigenvalue weighted by atomic mass is 10.4. The lowest BCUT2D eigenvalue weighted by molar-refractivity contribution is -0.120. The number of nitrogens with one attached hydrogen (secondary N) is 2. The molecular formula is C7H15IN2O. The molecule has 0 aromatic carbocycles. The van der Waals surface area contributed by atoms with E-state index in [0.29, 0.717) is 6.42 Å². The van der Waals surface area contributed by atoms with Crippen molar-refractivity contribution in [2.75, 3.05) is 24.6 Å². The zero-order valence-corrected chi connectivity index (χ0v) is 8.98. The first kappa shape index (κ1) is 11.2. The van der Waals surface area contributed by atoms with Crippen molar-refractivity contribution < 1.29 is 4.79 Å². The summed E-state index contributed by atoms with van der Waals surface area (Å²) in [6.45, 7) is 1.57. The summed E-state index contributed by atoms with van der Waals surface area (Å²) >= 11 is 2.30. The first-order valence-corrected chi connectivity index (χ1v) is 5.31. The van der Waals surface area contributed by atoms with Crippen LogP contribution in [0.3, 0.4) is 0 Å². The van der Waals surface area contributed by atoms with Crippen molar-refractivity contribution in [2.24, 2.45) is 0 Å². The van der Waals surface area contributed by atoms with Gasteiger partial charge in [-0.05, 0) is 13.5 Å². The maximum absolute atomic E-state index is 10.9. The van der Waals surface area contributed by atoms with Crippen molar-refractivity contribution in [2.45, 2.75) is 12.8 Å². The number of halogens is 1. The monoisotopic (exact) mass is 270 g/mol. The molecule has 0 rings (SSSR count). The van der Waals surface area contributed by atoms with E-state index in [9.17, 15) is 4.79 Å². The van der Waals surface area contributed by atoms with E-state index in [2.05, 4.69) is 33.2 Å². The molecule has 0 heterocycles. The molecular weight excluding hydrogens is 255 g/mol. The fourth-order valence-electron chi connectivity index (χ4n) is 0.622. The van der Waals surface area contributed by atoms with Gasteiger partial charge < -0.3 is 10.6 Å². The van der Waals surface area contributed by atoms with Gasteiger partial charge in [0.15, 0.2) is 0 Å². The minimum absolute atomic E-state index is 0.143. The highest BCUT2D eigenvalue weighted by Crippen LogP contribution is 1.86. The molecule has 66 valence electrons. The molecule has 0 aliphatic heterocycles. The van der Waals surface area contributed by atoms with E-state index in [1.807, 2.05) is 7.05 Å². The molecule has 4 heteroatoms. The summed E-state index contributed by atoms with van der Waals surface area (Å²) in [4.78, 5) is 10.9. The summed E-state index contributed by atoms with van der Waals surface area (Å²) in [7, 11) is 1.85. The van der Waals surface area contributed by atoms with E-state index in [4.69, 9.17) is 0 Å². The summed E-state index contributed by atoms with van der Waals surface area (Å²) in [6.07, 6.45) is 1.64. The van der Waals surface area contributed by atoms with Crippen LogP contribution in [0, 0.1) is 0 Å². The number of hydrogen-bond acceptors (Lipinski definition) is 2. The molecule has 3 nitrogen and oxygen atoms in total. The second-order valence-corrected chi connectivity index (χ2v) is 3.32. The summed E-state index contributed by atoms with van der Waals surface area (Å²) in [5.41, 5.74) is 0. The average molecular weight is 270 g/mol. The SMILES string of the molecule is CNCCC(=O)NCCCI. The molecule has 1 amide bonds. The van der Waals surface area contributed by atoms with Gasteiger partial charge in [-0.2, -0.15) is 0 Å². The van der Waals surface area contributed by atoms with Gasteiger partial charge in [0.05, 0.1) is 0 Å². The molecule has 0 unspecified atom stereocenters. The number of rotatable bonds is 6. The Morgan fingerprint density at radius 2 is 2.18 bits per heavy atom. The highest BCUT2D eigenvalue weighted by atomic mass is 127.